The van der Waals surface area contributed by atoms with Crippen LogP contribution in [0.5, 0.6) is 5.75 Å². The lowest BCUT2D eigenvalue weighted by atomic mass is 10.1. The molecule has 0 aliphatic rings. The first kappa shape index (κ1) is 18.5. The lowest BCUT2D eigenvalue weighted by Crippen LogP contribution is -2.32. The Hall–Kier alpha value is -2.84. The standard InChI is InChI=1S/C17H22N4O4/c18-13-6-4-12(5-7-13)8-9-20-10-14(22)11-25-16-3-1-2-15(17(16)19)21(23)24/h1-7,14,20,22H,8-11,18-19H2/t14-/m1/s1. The zero-order valence-electron chi connectivity index (χ0n) is 13.7. The van der Waals surface area contributed by atoms with E-state index in [1.54, 1.807) is 0 Å². The molecule has 25 heavy (non-hydrogen) atoms. The largest absolute Gasteiger partial charge is 0.488 e. The maximum atomic E-state index is 10.8. The molecule has 6 N–H and O–H groups in total. The van der Waals surface area contributed by atoms with Crippen LogP contribution in [0.1, 0.15) is 5.56 Å². The third-order valence-electron chi connectivity index (χ3n) is 3.62. The zero-order valence-corrected chi connectivity index (χ0v) is 13.7. The van der Waals surface area contributed by atoms with Crippen LogP contribution < -0.4 is 21.5 Å². The molecule has 0 aliphatic heterocycles. The molecule has 8 nitrogen and oxygen atoms in total. The van der Waals surface area contributed by atoms with Gasteiger partial charge in [-0.2, -0.15) is 0 Å². The van der Waals surface area contributed by atoms with E-state index in [0.29, 0.717) is 13.1 Å². The topological polar surface area (TPSA) is 137 Å². The number of benzene rings is 2. The van der Waals surface area contributed by atoms with Gasteiger partial charge in [-0.25, -0.2) is 0 Å². The van der Waals surface area contributed by atoms with Crippen LogP contribution >= 0.6 is 0 Å². The Bertz CT molecular complexity index is 706. The quantitative estimate of drug-likeness (QED) is 0.233. The van der Waals surface area contributed by atoms with Crippen molar-refractivity contribution in [3.8, 4) is 5.75 Å². The number of nitro benzene ring substituents is 1. The molecule has 0 bridgehead atoms. The first-order valence-electron chi connectivity index (χ1n) is 7.86. The summed E-state index contributed by atoms with van der Waals surface area (Å²) in [6, 6.07) is 11.9. The van der Waals surface area contributed by atoms with Crippen molar-refractivity contribution in [2.24, 2.45) is 0 Å². The number of nitrogen functional groups attached to an aromatic ring is 2. The summed E-state index contributed by atoms with van der Waals surface area (Å²) in [7, 11) is 0. The van der Waals surface area contributed by atoms with E-state index in [0.717, 1.165) is 17.7 Å². The molecule has 0 aromatic heterocycles. The molecular weight excluding hydrogens is 324 g/mol. The van der Waals surface area contributed by atoms with Crippen LogP contribution in [0.4, 0.5) is 17.1 Å². The van der Waals surface area contributed by atoms with Crippen molar-refractivity contribution < 1.29 is 14.8 Å². The molecule has 0 saturated carbocycles. The van der Waals surface area contributed by atoms with Gasteiger partial charge in [-0.1, -0.05) is 18.2 Å². The summed E-state index contributed by atoms with van der Waals surface area (Å²) < 4.78 is 5.38. The maximum absolute atomic E-state index is 10.8. The van der Waals surface area contributed by atoms with E-state index >= 15 is 0 Å². The Morgan fingerprint density at radius 3 is 2.60 bits per heavy atom. The summed E-state index contributed by atoms with van der Waals surface area (Å²) in [5, 5.41) is 23.9. The van der Waals surface area contributed by atoms with Crippen LogP contribution in [-0.2, 0) is 6.42 Å². The van der Waals surface area contributed by atoms with Crippen LogP contribution in [0.15, 0.2) is 42.5 Å². The van der Waals surface area contributed by atoms with Crippen molar-refractivity contribution in [1.82, 2.24) is 5.32 Å². The predicted octanol–water partition coefficient (Wildman–Crippen LogP) is 1.33. The van der Waals surface area contributed by atoms with Crippen molar-refractivity contribution in [3.63, 3.8) is 0 Å². The maximum Gasteiger partial charge on any atom is 0.295 e. The van der Waals surface area contributed by atoms with Gasteiger partial charge in [-0.15, -0.1) is 0 Å². The molecular formula is C17H22N4O4. The minimum Gasteiger partial charge on any atom is -0.488 e. The van der Waals surface area contributed by atoms with Gasteiger partial charge in [0.2, 0.25) is 0 Å². The summed E-state index contributed by atoms with van der Waals surface area (Å²) in [6.45, 7) is 1.02. The molecule has 0 heterocycles. The monoisotopic (exact) mass is 346 g/mol. The third-order valence-corrected chi connectivity index (χ3v) is 3.62. The van der Waals surface area contributed by atoms with Crippen LogP contribution in [0.25, 0.3) is 0 Å². The molecule has 1 atom stereocenters. The zero-order chi connectivity index (χ0) is 18.2. The molecule has 2 aromatic rings. The highest BCUT2D eigenvalue weighted by Gasteiger charge is 2.16. The predicted molar refractivity (Wildman–Crippen MR) is 96.4 cm³/mol. The molecule has 0 radical (unpaired) electrons. The molecule has 0 fully saturated rings. The van der Waals surface area contributed by atoms with Crippen LogP contribution in [0.2, 0.25) is 0 Å². The lowest BCUT2D eigenvalue weighted by molar-refractivity contribution is -0.384. The second kappa shape index (κ2) is 8.86. The van der Waals surface area contributed by atoms with Crippen LogP contribution in [-0.4, -0.2) is 35.8 Å². The normalized spacial score (nSPS) is 11.9. The van der Waals surface area contributed by atoms with E-state index in [4.69, 9.17) is 16.2 Å². The van der Waals surface area contributed by atoms with Gasteiger partial charge in [-0.3, -0.25) is 10.1 Å². The molecule has 0 spiro atoms. The fourth-order valence-electron chi connectivity index (χ4n) is 2.25. The number of nitrogens with two attached hydrogens (primary N) is 2. The fraction of sp³-hybridized carbons (Fsp3) is 0.294. The molecule has 0 unspecified atom stereocenters. The van der Waals surface area contributed by atoms with Gasteiger partial charge in [-0.05, 0) is 36.7 Å². The van der Waals surface area contributed by atoms with Gasteiger partial charge in [0, 0.05) is 18.3 Å². The minimum absolute atomic E-state index is 0.0137. The highest BCUT2D eigenvalue weighted by molar-refractivity contribution is 5.66. The molecule has 2 rings (SSSR count). The number of nitro groups is 1. The number of hydrogen-bond acceptors (Lipinski definition) is 7. The molecule has 2 aromatic carbocycles. The number of rotatable bonds is 9. The van der Waals surface area contributed by atoms with Crippen LogP contribution in [0, 0.1) is 10.1 Å². The average Bonchev–Trinajstić information content (AvgIpc) is 2.59. The smallest absolute Gasteiger partial charge is 0.295 e. The Morgan fingerprint density at radius 2 is 1.92 bits per heavy atom. The summed E-state index contributed by atoms with van der Waals surface area (Å²) in [5.41, 5.74) is 12.9. The number of para-hydroxylation sites is 1. The van der Waals surface area contributed by atoms with Crippen molar-refractivity contribution in [2.75, 3.05) is 31.2 Å². The first-order chi connectivity index (χ1) is 12.0. The van der Waals surface area contributed by atoms with Crippen molar-refractivity contribution in [2.45, 2.75) is 12.5 Å². The van der Waals surface area contributed by atoms with Crippen molar-refractivity contribution in [1.29, 1.82) is 0 Å². The van der Waals surface area contributed by atoms with Crippen molar-refractivity contribution in [3.05, 3.63) is 58.1 Å². The van der Waals surface area contributed by atoms with E-state index in [1.165, 1.54) is 18.2 Å². The van der Waals surface area contributed by atoms with E-state index < -0.39 is 11.0 Å². The lowest BCUT2D eigenvalue weighted by Gasteiger charge is -2.14. The number of anilines is 2. The SMILES string of the molecule is Nc1ccc(CCNC[C@@H](O)COc2cccc([N+](=O)[O-])c2N)cc1. The Labute approximate surface area is 145 Å². The molecule has 134 valence electrons. The van der Waals surface area contributed by atoms with E-state index in [1.807, 2.05) is 24.3 Å². The average molecular weight is 346 g/mol. The second-order valence-electron chi connectivity index (χ2n) is 5.61. The summed E-state index contributed by atoms with van der Waals surface area (Å²) in [6.07, 6.45) is 0.0520. The Balaban J connectivity index is 1.72. The summed E-state index contributed by atoms with van der Waals surface area (Å²) in [5.74, 6) is 0.190. The molecule has 0 saturated heterocycles. The second-order valence-corrected chi connectivity index (χ2v) is 5.61. The number of ether oxygens (including phenoxy) is 1. The van der Waals surface area contributed by atoms with Gasteiger partial charge < -0.3 is 26.6 Å². The highest BCUT2D eigenvalue weighted by atomic mass is 16.6. The Morgan fingerprint density at radius 1 is 1.20 bits per heavy atom. The fourth-order valence-corrected chi connectivity index (χ4v) is 2.25. The van der Waals surface area contributed by atoms with Gasteiger partial charge in [0.1, 0.15) is 18.5 Å². The molecule has 8 heteroatoms. The van der Waals surface area contributed by atoms with E-state index in [9.17, 15) is 15.2 Å². The van der Waals surface area contributed by atoms with Crippen molar-refractivity contribution >= 4 is 17.1 Å². The minimum atomic E-state index is -0.759. The summed E-state index contributed by atoms with van der Waals surface area (Å²) in [4.78, 5) is 10.3. The highest BCUT2D eigenvalue weighted by Crippen LogP contribution is 2.30. The van der Waals surface area contributed by atoms with Crippen LogP contribution in [0.3, 0.4) is 0 Å². The number of aliphatic hydroxyl groups is 1. The number of aliphatic hydroxyl groups excluding tert-OH is 1. The van der Waals surface area contributed by atoms with E-state index in [2.05, 4.69) is 5.32 Å². The molecule has 0 amide bonds. The van der Waals surface area contributed by atoms with Gasteiger partial charge in [0.05, 0.1) is 4.92 Å². The van der Waals surface area contributed by atoms with Gasteiger partial charge in [0.15, 0.2) is 5.69 Å². The first-order valence-corrected chi connectivity index (χ1v) is 7.86. The Kier molecular flexibility index (Phi) is 6.55. The third kappa shape index (κ3) is 5.63. The number of nitrogens with zero attached hydrogens (tertiary/aromatic N) is 1. The molecule has 0 aliphatic carbocycles. The number of hydrogen-bond donors (Lipinski definition) is 4. The van der Waals surface area contributed by atoms with E-state index in [-0.39, 0.29) is 23.7 Å². The number of nitrogens with one attached hydrogen (secondary N) is 1. The van der Waals surface area contributed by atoms with Gasteiger partial charge in [0.25, 0.3) is 5.69 Å². The van der Waals surface area contributed by atoms with Gasteiger partial charge >= 0.3 is 0 Å². The summed E-state index contributed by atoms with van der Waals surface area (Å²) >= 11 is 0.